The Balaban J connectivity index is 2.28. The molecule has 0 bridgehead atoms. The zero-order valence-electron chi connectivity index (χ0n) is 17.6. The summed E-state index contributed by atoms with van der Waals surface area (Å²) in [4.78, 5) is 14.7. The smallest absolute Gasteiger partial charge is 0.262 e. The van der Waals surface area contributed by atoms with E-state index in [0.29, 0.717) is 42.3 Å². The molecule has 6 nitrogen and oxygen atoms in total. The monoisotopic (exact) mass is 418 g/mol. The number of sulfonamides is 1. The number of carbonyl (C=O) groups is 1. The fourth-order valence-corrected chi connectivity index (χ4v) is 4.28. The second-order valence-electron chi connectivity index (χ2n) is 6.78. The van der Waals surface area contributed by atoms with Crippen LogP contribution in [0.15, 0.2) is 47.4 Å². The Hall–Kier alpha value is -2.54. The maximum absolute atomic E-state index is 13.0. The second-order valence-corrected chi connectivity index (χ2v) is 8.43. The van der Waals surface area contributed by atoms with Gasteiger partial charge in [-0.1, -0.05) is 19.4 Å². The molecule has 2 aromatic rings. The molecule has 0 aliphatic carbocycles. The average Bonchev–Trinajstić information content (AvgIpc) is 2.70. The fourth-order valence-electron chi connectivity index (χ4n) is 2.95. The molecule has 0 spiro atoms. The minimum Gasteiger partial charge on any atom is -0.494 e. The largest absolute Gasteiger partial charge is 0.494 e. The highest BCUT2D eigenvalue weighted by Gasteiger charge is 2.21. The van der Waals surface area contributed by atoms with E-state index in [2.05, 4.69) is 11.6 Å². The third kappa shape index (κ3) is 5.97. The molecule has 2 rings (SSSR count). The number of ether oxygens (including phenoxy) is 1. The van der Waals surface area contributed by atoms with Gasteiger partial charge in [-0.25, -0.2) is 8.42 Å². The number of benzene rings is 2. The summed E-state index contributed by atoms with van der Waals surface area (Å²) in [5.41, 5.74) is 1.39. The first kappa shape index (κ1) is 22.7. The number of carbonyl (C=O) groups excluding carboxylic acids is 1. The first-order valence-electron chi connectivity index (χ1n) is 9.98. The molecule has 0 aromatic heterocycles. The van der Waals surface area contributed by atoms with Gasteiger partial charge in [0.25, 0.3) is 15.9 Å². The fraction of sp³-hybridized carbons (Fsp3) is 0.409. The van der Waals surface area contributed by atoms with Crippen LogP contribution in [-0.2, 0) is 10.0 Å². The molecule has 1 amide bonds. The van der Waals surface area contributed by atoms with E-state index < -0.39 is 10.0 Å². The van der Waals surface area contributed by atoms with Crippen LogP contribution >= 0.6 is 0 Å². The van der Waals surface area contributed by atoms with Gasteiger partial charge in [-0.2, -0.15) is 0 Å². The summed E-state index contributed by atoms with van der Waals surface area (Å²) in [6, 6.07) is 11.5. The van der Waals surface area contributed by atoms with Crippen LogP contribution in [0.25, 0.3) is 0 Å². The minimum atomic E-state index is -3.84. The predicted molar refractivity (Wildman–Crippen MR) is 116 cm³/mol. The van der Waals surface area contributed by atoms with E-state index in [0.717, 1.165) is 12.8 Å². The van der Waals surface area contributed by atoms with Gasteiger partial charge in [-0.3, -0.25) is 9.52 Å². The number of aryl methyl sites for hydroxylation is 1. The first-order chi connectivity index (χ1) is 13.8. The molecule has 0 unspecified atom stereocenters. The zero-order valence-corrected chi connectivity index (χ0v) is 18.4. The molecule has 0 radical (unpaired) electrons. The van der Waals surface area contributed by atoms with Gasteiger partial charge in [-0.05, 0) is 69.2 Å². The second kappa shape index (κ2) is 10.3. The van der Waals surface area contributed by atoms with Crippen molar-refractivity contribution in [3.05, 3.63) is 53.6 Å². The normalized spacial score (nSPS) is 11.2. The molecule has 0 heterocycles. The third-order valence-electron chi connectivity index (χ3n) is 4.59. The van der Waals surface area contributed by atoms with Crippen LogP contribution < -0.4 is 9.46 Å². The molecule has 29 heavy (non-hydrogen) atoms. The van der Waals surface area contributed by atoms with Crippen molar-refractivity contribution in [1.29, 1.82) is 0 Å². The number of rotatable bonds is 10. The lowest BCUT2D eigenvalue weighted by atomic mass is 10.1. The van der Waals surface area contributed by atoms with E-state index in [-0.39, 0.29) is 10.8 Å². The first-order valence-corrected chi connectivity index (χ1v) is 11.5. The molecular formula is C22H30N2O4S. The van der Waals surface area contributed by atoms with E-state index in [1.165, 1.54) is 6.07 Å². The summed E-state index contributed by atoms with van der Waals surface area (Å²) in [5, 5.41) is 0. The van der Waals surface area contributed by atoms with E-state index in [1.807, 2.05) is 13.8 Å². The highest BCUT2D eigenvalue weighted by molar-refractivity contribution is 7.92. The lowest BCUT2D eigenvalue weighted by Crippen LogP contribution is -2.32. The van der Waals surface area contributed by atoms with Crippen molar-refractivity contribution in [3.8, 4) is 5.75 Å². The summed E-state index contributed by atoms with van der Waals surface area (Å²) < 4.78 is 33.9. The van der Waals surface area contributed by atoms with Crippen molar-refractivity contribution in [3.63, 3.8) is 0 Å². The van der Waals surface area contributed by atoms with Crippen molar-refractivity contribution in [1.82, 2.24) is 4.90 Å². The molecule has 158 valence electrons. The number of nitrogens with zero attached hydrogens (tertiary/aromatic N) is 1. The lowest BCUT2D eigenvalue weighted by Gasteiger charge is -2.21. The summed E-state index contributed by atoms with van der Waals surface area (Å²) >= 11 is 0. The van der Waals surface area contributed by atoms with E-state index in [4.69, 9.17) is 4.74 Å². The molecular weight excluding hydrogens is 388 g/mol. The zero-order chi connectivity index (χ0) is 21.4. The van der Waals surface area contributed by atoms with Gasteiger partial charge in [0.1, 0.15) is 5.75 Å². The third-order valence-corrected chi connectivity index (χ3v) is 6.12. The number of nitrogens with one attached hydrogen (secondary N) is 1. The SMILES string of the molecule is CCCCN(CC)C(=O)c1ccc(C)c(S(=O)(=O)Nc2ccc(OCC)cc2)c1. The summed E-state index contributed by atoms with van der Waals surface area (Å²) in [7, 11) is -3.84. The van der Waals surface area contributed by atoms with Crippen molar-refractivity contribution in [2.75, 3.05) is 24.4 Å². The van der Waals surface area contributed by atoms with Crippen molar-refractivity contribution in [2.45, 2.75) is 45.4 Å². The topological polar surface area (TPSA) is 75.7 Å². The van der Waals surface area contributed by atoms with Gasteiger partial charge < -0.3 is 9.64 Å². The summed E-state index contributed by atoms with van der Waals surface area (Å²) in [6.45, 7) is 9.38. The molecule has 0 saturated heterocycles. The lowest BCUT2D eigenvalue weighted by molar-refractivity contribution is 0.0762. The molecule has 1 N–H and O–H groups in total. The van der Waals surface area contributed by atoms with Crippen LogP contribution in [0.2, 0.25) is 0 Å². The summed E-state index contributed by atoms with van der Waals surface area (Å²) in [6.07, 6.45) is 1.90. The van der Waals surface area contributed by atoms with Gasteiger partial charge in [-0.15, -0.1) is 0 Å². The number of unbranched alkanes of at least 4 members (excludes halogenated alkanes) is 1. The Morgan fingerprint density at radius 2 is 1.76 bits per heavy atom. The quantitative estimate of drug-likeness (QED) is 0.618. The maximum Gasteiger partial charge on any atom is 0.262 e. The van der Waals surface area contributed by atoms with Gasteiger partial charge in [0.15, 0.2) is 0 Å². The molecule has 0 atom stereocenters. The molecule has 0 saturated carbocycles. The van der Waals surface area contributed by atoms with E-state index in [9.17, 15) is 13.2 Å². The maximum atomic E-state index is 13.0. The highest BCUT2D eigenvalue weighted by atomic mass is 32.2. The van der Waals surface area contributed by atoms with Gasteiger partial charge in [0.2, 0.25) is 0 Å². The Morgan fingerprint density at radius 3 is 2.34 bits per heavy atom. The molecule has 0 aliphatic heterocycles. The van der Waals surface area contributed by atoms with Crippen LogP contribution in [0.5, 0.6) is 5.75 Å². The molecule has 0 fully saturated rings. The number of hydrogen-bond donors (Lipinski definition) is 1. The van der Waals surface area contributed by atoms with Crippen LogP contribution in [0.3, 0.4) is 0 Å². The Bertz CT molecular complexity index is 924. The number of amides is 1. The molecule has 2 aromatic carbocycles. The van der Waals surface area contributed by atoms with Crippen molar-refractivity contribution in [2.24, 2.45) is 0 Å². The summed E-state index contributed by atoms with van der Waals surface area (Å²) in [5.74, 6) is 0.518. The Kier molecular flexibility index (Phi) is 8.08. The van der Waals surface area contributed by atoms with Crippen molar-refractivity contribution >= 4 is 21.6 Å². The van der Waals surface area contributed by atoms with Crippen LogP contribution in [-0.4, -0.2) is 38.9 Å². The van der Waals surface area contributed by atoms with Gasteiger partial charge in [0.05, 0.1) is 11.5 Å². The molecule has 7 heteroatoms. The van der Waals surface area contributed by atoms with Gasteiger partial charge in [0, 0.05) is 24.3 Å². The number of hydrogen-bond acceptors (Lipinski definition) is 4. The van der Waals surface area contributed by atoms with Gasteiger partial charge >= 0.3 is 0 Å². The van der Waals surface area contributed by atoms with E-state index in [1.54, 1.807) is 48.2 Å². The highest BCUT2D eigenvalue weighted by Crippen LogP contribution is 2.23. The standard InChI is InChI=1S/C22H30N2O4S/c1-5-8-15-24(6-2)22(25)18-10-9-17(4)21(16-18)29(26,27)23-19-11-13-20(14-12-19)28-7-3/h9-14,16,23H,5-8,15H2,1-4H3. The van der Waals surface area contributed by atoms with E-state index >= 15 is 0 Å². The average molecular weight is 419 g/mol. The Labute approximate surface area is 173 Å². The predicted octanol–water partition coefficient (Wildman–Crippen LogP) is 4.46. The minimum absolute atomic E-state index is 0.101. The van der Waals surface area contributed by atoms with Crippen molar-refractivity contribution < 1.29 is 17.9 Å². The van der Waals surface area contributed by atoms with Crippen LogP contribution in [0.1, 0.15) is 49.5 Å². The van der Waals surface area contributed by atoms with Crippen LogP contribution in [0.4, 0.5) is 5.69 Å². The van der Waals surface area contributed by atoms with Crippen LogP contribution in [0, 0.1) is 6.92 Å². The Morgan fingerprint density at radius 1 is 1.07 bits per heavy atom. The number of anilines is 1. The molecule has 0 aliphatic rings.